The molecule has 0 saturated heterocycles. The molecule has 0 saturated carbocycles. The summed E-state index contributed by atoms with van der Waals surface area (Å²) in [6.07, 6.45) is 1.07. The molecule has 0 radical (unpaired) electrons. The zero-order chi connectivity index (χ0) is 14.6. The van der Waals surface area contributed by atoms with E-state index < -0.39 is 0 Å². The number of hydrogen-bond donors (Lipinski definition) is 0. The van der Waals surface area contributed by atoms with Crippen molar-refractivity contribution >= 4 is 0 Å². The minimum absolute atomic E-state index is 0. The standard InChI is InChI=1S/C11H10.2C5H5.2Fe/c1-2-6-10(5-1)9-11-7-3-4-8-11;2*1-2-4-5-3-1;;/h1-8H,9H2;2*1-5H;;/q-2;-5;-1;;. The van der Waals surface area contributed by atoms with Gasteiger partial charge < -0.3 is 30.3 Å². The molecule has 4 rings (SSSR count). The monoisotopic (exact) mass is 384 g/mol. The van der Waals surface area contributed by atoms with E-state index >= 15 is 0 Å². The fourth-order valence-corrected chi connectivity index (χ4v) is 1.94. The van der Waals surface area contributed by atoms with E-state index in [-0.39, 0.29) is 34.1 Å². The van der Waals surface area contributed by atoms with Gasteiger partial charge in [0.1, 0.15) is 0 Å². The zero-order valence-corrected chi connectivity index (χ0v) is 15.0. The second-order valence-corrected chi connectivity index (χ2v) is 4.69. The molecule has 0 N–H and O–H groups in total. The molecule has 0 amide bonds. The molecule has 0 heterocycles. The molecule has 0 fully saturated rings. The number of hydrogen-bond acceptors (Lipinski definition) is 0. The summed E-state index contributed by atoms with van der Waals surface area (Å²) in [7, 11) is 0. The Labute approximate surface area is 160 Å². The first-order chi connectivity index (χ1) is 10.4. The van der Waals surface area contributed by atoms with E-state index in [2.05, 4.69) is 48.5 Å². The van der Waals surface area contributed by atoms with E-state index in [9.17, 15) is 0 Å². The van der Waals surface area contributed by atoms with Gasteiger partial charge in [-0.05, 0) is 0 Å². The van der Waals surface area contributed by atoms with Gasteiger partial charge in [0.05, 0.1) is 0 Å². The van der Waals surface area contributed by atoms with E-state index in [0.29, 0.717) is 0 Å². The van der Waals surface area contributed by atoms with E-state index in [1.807, 2.05) is 60.7 Å². The van der Waals surface area contributed by atoms with Gasteiger partial charge in [0.25, 0.3) is 0 Å². The third kappa shape index (κ3) is 9.94. The average molecular weight is 384 g/mol. The van der Waals surface area contributed by atoms with Gasteiger partial charge in [-0.2, -0.15) is 53.6 Å². The first kappa shape index (κ1) is 21.4. The molecule has 0 spiro atoms. The second kappa shape index (κ2) is 14.1. The summed E-state index contributed by atoms with van der Waals surface area (Å²) >= 11 is 0. The molecular weight excluding hydrogens is 364 g/mol. The Hall–Kier alpha value is -1.56. The van der Waals surface area contributed by atoms with E-state index in [4.69, 9.17) is 0 Å². The average Bonchev–Trinajstić information content (AvgIpc) is 3.30. The van der Waals surface area contributed by atoms with Gasteiger partial charge in [-0.1, -0.05) is 6.42 Å². The van der Waals surface area contributed by atoms with Crippen LogP contribution < -0.4 is 0 Å². The Balaban J connectivity index is 0.000000342. The minimum atomic E-state index is 0. The molecule has 0 atom stereocenters. The second-order valence-electron chi connectivity index (χ2n) is 4.69. The summed E-state index contributed by atoms with van der Waals surface area (Å²) in [6, 6.07) is 37.0. The summed E-state index contributed by atoms with van der Waals surface area (Å²) < 4.78 is 0. The first-order valence-corrected chi connectivity index (χ1v) is 7.20. The van der Waals surface area contributed by atoms with Crippen LogP contribution in [0.5, 0.6) is 0 Å². The predicted molar refractivity (Wildman–Crippen MR) is 90.9 cm³/mol. The third-order valence-corrected chi connectivity index (χ3v) is 2.98. The Bertz CT molecular complexity index is 519. The van der Waals surface area contributed by atoms with Gasteiger partial charge in [-0.15, -0.1) is 0 Å². The minimum Gasteiger partial charge on any atom is -0.748 e. The quantitative estimate of drug-likeness (QED) is 0.315. The molecule has 23 heavy (non-hydrogen) atoms. The molecule has 0 aromatic heterocycles. The molecule has 0 nitrogen and oxygen atoms in total. The fraction of sp³-hybridized carbons (Fsp3) is 0.0476. The topological polar surface area (TPSA) is 0 Å². The van der Waals surface area contributed by atoms with Gasteiger partial charge >= 0.3 is 0 Å². The van der Waals surface area contributed by atoms with Crippen LogP contribution in [0.15, 0.2) is 109 Å². The molecule has 4 aromatic rings. The van der Waals surface area contributed by atoms with Crippen LogP contribution in [-0.2, 0) is 40.6 Å². The van der Waals surface area contributed by atoms with Gasteiger partial charge in [0.2, 0.25) is 0 Å². The van der Waals surface area contributed by atoms with Crippen molar-refractivity contribution < 1.29 is 34.1 Å². The number of rotatable bonds is 2. The van der Waals surface area contributed by atoms with Crippen molar-refractivity contribution in [3.63, 3.8) is 0 Å². The Kier molecular flexibility index (Phi) is 13.1. The first-order valence-electron chi connectivity index (χ1n) is 7.20. The van der Waals surface area contributed by atoms with E-state index in [0.717, 1.165) is 6.42 Å². The van der Waals surface area contributed by atoms with Crippen LogP contribution in [0.4, 0.5) is 0 Å². The molecule has 2 heteroatoms. The van der Waals surface area contributed by atoms with Crippen LogP contribution in [0, 0.1) is 0 Å². The Morgan fingerprint density at radius 3 is 1.13 bits per heavy atom. The van der Waals surface area contributed by atoms with Crippen LogP contribution in [0.1, 0.15) is 11.1 Å². The Morgan fingerprint density at radius 2 is 0.870 bits per heavy atom. The van der Waals surface area contributed by atoms with E-state index in [1.165, 1.54) is 11.1 Å². The van der Waals surface area contributed by atoms with Crippen molar-refractivity contribution in [1.29, 1.82) is 0 Å². The molecule has 128 valence electrons. The largest absolute Gasteiger partial charge is 0.748 e. The summed E-state index contributed by atoms with van der Waals surface area (Å²) in [5.41, 5.74) is 2.80. The maximum atomic E-state index is 2.16. The fourth-order valence-electron chi connectivity index (χ4n) is 1.94. The predicted octanol–water partition coefficient (Wildman–Crippen LogP) is 5.52. The molecule has 0 unspecified atom stereocenters. The third-order valence-electron chi connectivity index (χ3n) is 2.98. The van der Waals surface area contributed by atoms with Gasteiger partial charge in [0, 0.05) is 34.1 Å². The zero-order valence-electron chi connectivity index (χ0n) is 12.8. The van der Waals surface area contributed by atoms with Crippen molar-refractivity contribution in [2.24, 2.45) is 0 Å². The van der Waals surface area contributed by atoms with Gasteiger partial charge in [-0.3, -0.25) is 0 Å². The SMILES string of the molecule is [Fe].[Fe].[cH-]1[cH-][cH-][cH-][cH-]1.c1cc[c-](C[c-]2cccc2)c1.c1cc[cH-]c1. The smallest absolute Gasteiger partial charge is 0 e. The summed E-state index contributed by atoms with van der Waals surface area (Å²) in [4.78, 5) is 0. The van der Waals surface area contributed by atoms with Gasteiger partial charge in [0.15, 0.2) is 0 Å². The molecule has 0 aliphatic rings. The maximum Gasteiger partial charge on any atom is 0 e. The van der Waals surface area contributed by atoms with Crippen molar-refractivity contribution in [2.75, 3.05) is 0 Å². The molecule has 0 bridgehead atoms. The summed E-state index contributed by atoms with van der Waals surface area (Å²) in [5, 5.41) is 0. The van der Waals surface area contributed by atoms with Crippen LogP contribution in [0.25, 0.3) is 0 Å². The van der Waals surface area contributed by atoms with Crippen molar-refractivity contribution in [3.05, 3.63) is 120 Å². The van der Waals surface area contributed by atoms with Crippen molar-refractivity contribution in [3.8, 4) is 0 Å². The van der Waals surface area contributed by atoms with Crippen LogP contribution in [0.2, 0.25) is 0 Å². The summed E-state index contributed by atoms with van der Waals surface area (Å²) in [6.45, 7) is 0. The molecule has 0 aliphatic heterocycles. The Morgan fingerprint density at radius 1 is 0.522 bits per heavy atom. The normalized spacial score (nSPS) is 8.35. The van der Waals surface area contributed by atoms with E-state index in [1.54, 1.807) is 0 Å². The van der Waals surface area contributed by atoms with Crippen molar-refractivity contribution in [1.82, 2.24) is 0 Å². The van der Waals surface area contributed by atoms with Crippen LogP contribution in [-0.4, -0.2) is 0 Å². The van der Waals surface area contributed by atoms with Crippen molar-refractivity contribution in [2.45, 2.75) is 6.42 Å². The molecular formula is C21H20Fe2-8. The van der Waals surface area contributed by atoms with Crippen LogP contribution >= 0.6 is 0 Å². The van der Waals surface area contributed by atoms with Gasteiger partial charge in [-0.25, -0.2) is 36.4 Å². The summed E-state index contributed by atoms with van der Waals surface area (Å²) in [5.74, 6) is 0. The van der Waals surface area contributed by atoms with Crippen LogP contribution in [0.3, 0.4) is 0 Å². The molecule has 0 aliphatic carbocycles. The maximum absolute atomic E-state index is 2.16. The molecule has 4 aromatic carbocycles.